The SMILES string of the molecule is Cc1ccc(C)c(-c2csc(NC(=O)CC3CCCC3)n2)c1. The number of aryl methyl sites for hydroxylation is 2. The largest absolute Gasteiger partial charge is 0.302 e. The zero-order valence-corrected chi connectivity index (χ0v) is 14.0. The number of hydrogen-bond acceptors (Lipinski definition) is 3. The van der Waals surface area contributed by atoms with Gasteiger partial charge in [-0.1, -0.05) is 30.5 Å². The van der Waals surface area contributed by atoms with Crippen LogP contribution in [0.25, 0.3) is 11.3 Å². The second kappa shape index (κ2) is 6.61. The summed E-state index contributed by atoms with van der Waals surface area (Å²) >= 11 is 1.50. The van der Waals surface area contributed by atoms with Crippen LogP contribution in [0.3, 0.4) is 0 Å². The topological polar surface area (TPSA) is 42.0 Å². The summed E-state index contributed by atoms with van der Waals surface area (Å²) < 4.78 is 0. The second-order valence-corrected chi connectivity index (χ2v) is 7.12. The van der Waals surface area contributed by atoms with Crippen LogP contribution in [0.4, 0.5) is 5.13 Å². The van der Waals surface area contributed by atoms with Crippen LogP contribution in [0.5, 0.6) is 0 Å². The van der Waals surface area contributed by atoms with Crippen LogP contribution in [0, 0.1) is 19.8 Å². The third-order valence-corrected chi connectivity index (χ3v) is 5.13. The Balaban J connectivity index is 1.68. The van der Waals surface area contributed by atoms with E-state index in [0.29, 0.717) is 17.5 Å². The molecule has 0 spiro atoms. The number of aromatic nitrogens is 1. The molecule has 3 rings (SSSR count). The summed E-state index contributed by atoms with van der Waals surface area (Å²) in [5.41, 5.74) is 4.52. The molecule has 1 N–H and O–H groups in total. The van der Waals surface area contributed by atoms with Gasteiger partial charge in [0.05, 0.1) is 5.69 Å². The number of carbonyl (C=O) groups is 1. The molecule has 116 valence electrons. The van der Waals surface area contributed by atoms with Crippen molar-refractivity contribution in [2.75, 3.05) is 5.32 Å². The van der Waals surface area contributed by atoms with Gasteiger partial charge in [0.15, 0.2) is 5.13 Å². The van der Waals surface area contributed by atoms with Gasteiger partial charge in [-0.2, -0.15) is 0 Å². The van der Waals surface area contributed by atoms with Crippen molar-refractivity contribution < 1.29 is 4.79 Å². The Morgan fingerprint density at radius 3 is 2.86 bits per heavy atom. The Kier molecular flexibility index (Phi) is 4.57. The van der Waals surface area contributed by atoms with Crippen molar-refractivity contribution in [3.63, 3.8) is 0 Å². The van der Waals surface area contributed by atoms with Crippen molar-refractivity contribution in [3.8, 4) is 11.3 Å². The molecule has 0 aliphatic heterocycles. The van der Waals surface area contributed by atoms with E-state index < -0.39 is 0 Å². The minimum absolute atomic E-state index is 0.105. The van der Waals surface area contributed by atoms with Gasteiger partial charge in [0.1, 0.15) is 0 Å². The number of anilines is 1. The second-order valence-electron chi connectivity index (χ2n) is 6.26. The van der Waals surface area contributed by atoms with Crippen molar-refractivity contribution in [1.82, 2.24) is 4.98 Å². The average molecular weight is 314 g/mol. The highest BCUT2D eigenvalue weighted by atomic mass is 32.1. The van der Waals surface area contributed by atoms with Gasteiger partial charge in [0.25, 0.3) is 0 Å². The highest BCUT2D eigenvalue weighted by Gasteiger charge is 2.19. The molecule has 1 aliphatic rings. The van der Waals surface area contributed by atoms with Crippen LogP contribution >= 0.6 is 11.3 Å². The van der Waals surface area contributed by atoms with Crippen molar-refractivity contribution >= 4 is 22.4 Å². The Hall–Kier alpha value is -1.68. The van der Waals surface area contributed by atoms with Gasteiger partial charge in [-0.05, 0) is 44.2 Å². The van der Waals surface area contributed by atoms with Crippen LogP contribution in [0.1, 0.15) is 43.2 Å². The van der Waals surface area contributed by atoms with Gasteiger partial charge in [-0.3, -0.25) is 4.79 Å². The fraction of sp³-hybridized carbons (Fsp3) is 0.444. The number of amides is 1. The predicted molar refractivity (Wildman–Crippen MR) is 92.2 cm³/mol. The van der Waals surface area contributed by atoms with Gasteiger partial charge >= 0.3 is 0 Å². The first-order valence-corrected chi connectivity index (χ1v) is 8.83. The summed E-state index contributed by atoms with van der Waals surface area (Å²) in [6.07, 6.45) is 5.56. The van der Waals surface area contributed by atoms with Crippen molar-refractivity contribution in [1.29, 1.82) is 0 Å². The van der Waals surface area contributed by atoms with Crippen molar-refractivity contribution in [2.45, 2.75) is 46.0 Å². The van der Waals surface area contributed by atoms with Crippen LogP contribution in [0.2, 0.25) is 0 Å². The average Bonchev–Trinajstić information content (AvgIpc) is 3.13. The number of hydrogen-bond donors (Lipinski definition) is 1. The molecule has 0 saturated heterocycles. The summed E-state index contributed by atoms with van der Waals surface area (Å²) in [6.45, 7) is 4.17. The molecule has 1 amide bonds. The summed E-state index contributed by atoms with van der Waals surface area (Å²) in [4.78, 5) is 16.7. The van der Waals surface area contributed by atoms with E-state index in [0.717, 1.165) is 11.3 Å². The fourth-order valence-electron chi connectivity index (χ4n) is 3.11. The lowest BCUT2D eigenvalue weighted by molar-refractivity contribution is -0.117. The van der Waals surface area contributed by atoms with Gasteiger partial charge < -0.3 is 5.32 Å². The molecule has 0 atom stereocenters. The molecule has 1 aromatic heterocycles. The first kappa shape index (κ1) is 15.2. The molecule has 0 radical (unpaired) electrons. The van der Waals surface area contributed by atoms with E-state index in [1.165, 1.54) is 48.1 Å². The summed E-state index contributed by atoms with van der Waals surface area (Å²) in [5.74, 6) is 0.673. The van der Waals surface area contributed by atoms with E-state index in [-0.39, 0.29) is 5.91 Å². The molecular weight excluding hydrogens is 292 g/mol. The lowest BCUT2D eigenvalue weighted by atomic mass is 10.0. The maximum Gasteiger partial charge on any atom is 0.226 e. The van der Waals surface area contributed by atoms with Crippen molar-refractivity contribution in [3.05, 3.63) is 34.7 Å². The molecule has 3 nitrogen and oxygen atoms in total. The first-order valence-electron chi connectivity index (χ1n) is 7.95. The summed E-state index contributed by atoms with van der Waals surface area (Å²) in [7, 11) is 0. The zero-order valence-electron chi connectivity index (χ0n) is 13.2. The normalized spacial score (nSPS) is 15.2. The first-order chi connectivity index (χ1) is 10.6. The van der Waals surface area contributed by atoms with Gasteiger partial charge in [0.2, 0.25) is 5.91 Å². The minimum Gasteiger partial charge on any atom is -0.302 e. The number of nitrogens with zero attached hydrogens (tertiary/aromatic N) is 1. The Morgan fingerprint density at radius 2 is 2.09 bits per heavy atom. The molecule has 4 heteroatoms. The summed E-state index contributed by atoms with van der Waals surface area (Å²) in [5, 5.41) is 5.69. The highest BCUT2D eigenvalue weighted by Crippen LogP contribution is 2.30. The van der Waals surface area contributed by atoms with Gasteiger partial charge in [-0.15, -0.1) is 11.3 Å². The quantitative estimate of drug-likeness (QED) is 0.868. The molecule has 1 heterocycles. The number of rotatable bonds is 4. The van der Waals surface area contributed by atoms with Crippen LogP contribution in [0.15, 0.2) is 23.6 Å². The maximum atomic E-state index is 12.1. The van der Waals surface area contributed by atoms with Gasteiger partial charge in [0, 0.05) is 17.4 Å². The van der Waals surface area contributed by atoms with Crippen LogP contribution < -0.4 is 5.32 Å². The standard InChI is InChI=1S/C18H22N2OS/c1-12-7-8-13(2)15(9-12)16-11-22-18(19-16)20-17(21)10-14-5-3-4-6-14/h7-9,11,14H,3-6,10H2,1-2H3,(H,19,20,21). The van der Waals surface area contributed by atoms with E-state index in [4.69, 9.17) is 0 Å². The molecule has 1 fully saturated rings. The van der Waals surface area contributed by atoms with Crippen molar-refractivity contribution in [2.24, 2.45) is 5.92 Å². The zero-order chi connectivity index (χ0) is 15.5. The molecule has 1 aromatic carbocycles. The number of carbonyl (C=O) groups excluding carboxylic acids is 1. The number of benzene rings is 1. The minimum atomic E-state index is 0.105. The lowest BCUT2D eigenvalue weighted by Gasteiger charge is -2.07. The predicted octanol–water partition coefficient (Wildman–Crippen LogP) is 4.95. The Bertz CT molecular complexity index is 671. The number of thiazole rings is 1. The van der Waals surface area contributed by atoms with Crippen LogP contribution in [-0.4, -0.2) is 10.9 Å². The van der Waals surface area contributed by atoms with E-state index in [2.05, 4.69) is 42.3 Å². The lowest BCUT2D eigenvalue weighted by Crippen LogP contribution is -2.14. The van der Waals surface area contributed by atoms with E-state index in [1.807, 2.05) is 5.38 Å². The molecule has 0 bridgehead atoms. The molecule has 1 aliphatic carbocycles. The monoisotopic (exact) mass is 314 g/mol. The van der Waals surface area contributed by atoms with Crippen LogP contribution in [-0.2, 0) is 4.79 Å². The molecule has 1 saturated carbocycles. The molecule has 22 heavy (non-hydrogen) atoms. The third-order valence-electron chi connectivity index (χ3n) is 4.37. The van der Waals surface area contributed by atoms with E-state index >= 15 is 0 Å². The molecule has 2 aromatic rings. The summed E-state index contributed by atoms with van der Waals surface area (Å²) in [6, 6.07) is 6.37. The maximum absolute atomic E-state index is 12.1. The number of nitrogens with one attached hydrogen (secondary N) is 1. The Labute approximate surface area is 135 Å². The van der Waals surface area contributed by atoms with Gasteiger partial charge in [-0.25, -0.2) is 4.98 Å². The fourth-order valence-corrected chi connectivity index (χ4v) is 3.84. The molecule has 0 unspecified atom stereocenters. The third kappa shape index (κ3) is 3.55. The molecular formula is C18H22N2OS. The van der Waals surface area contributed by atoms with E-state index in [9.17, 15) is 4.79 Å². The Morgan fingerprint density at radius 1 is 1.32 bits per heavy atom. The smallest absolute Gasteiger partial charge is 0.226 e. The van der Waals surface area contributed by atoms with E-state index in [1.54, 1.807) is 0 Å². The highest BCUT2D eigenvalue weighted by molar-refractivity contribution is 7.14.